The summed E-state index contributed by atoms with van der Waals surface area (Å²) in [4.78, 5) is 2.37. The average molecular weight is 626 g/mol. The van der Waals surface area contributed by atoms with E-state index in [2.05, 4.69) is 193 Å². The maximum atomic E-state index is 2.37. The Labute approximate surface area is 287 Å². The van der Waals surface area contributed by atoms with Crippen LogP contribution in [0, 0.1) is 0 Å². The van der Waals surface area contributed by atoms with E-state index in [1.165, 1.54) is 65.4 Å². The zero-order valence-corrected chi connectivity index (χ0v) is 27.3. The number of anilines is 3. The fourth-order valence-electron chi connectivity index (χ4n) is 7.55. The molecule has 1 aliphatic carbocycles. The number of fused-ring (bicyclic) bond motifs is 3. The summed E-state index contributed by atoms with van der Waals surface area (Å²) in [5.74, 6) is 0. The van der Waals surface area contributed by atoms with Gasteiger partial charge in [0, 0.05) is 17.1 Å². The summed E-state index contributed by atoms with van der Waals surface area (Å²) in [5, 5.41) is 7.75. The molecule has 1 aliphatic rings. The lowest BCUT2D eigenvalue weighted by atomic mass is 9.93. The van der Waals surface area contributed by atoms with Gasteiger partial charge in [0.1, 0.15) is 0 Å². The molecule has 0 heterocycles. The number of benzene rings is 8. The van der Waals surface area contributed by atoms with Crippen molar-refractivity contribution in [2.75, 3.05) is 4.90 Å². The first-order valence-corrected chi connectivity index (χ1v) is 17.2. The van der Waals surface area contributed by atoms with Gasteiger partial charge in [-0.1, -0.05) is 152 Å². The first-order chi connectivity index (χ1) is 24.3. The molecule has 0 radical (unpaired) electrons. The van der Waals surface area contributed by atoms with Crippen molar-refractivity contribution >= 4 is 50.3 Å². The maximum absolute atomic E-state index is 2.37. The molecule has 0 saturated carbocycles. The van der Waals surface area contributed by atoms with Crippen LogP contribution in [0.15, 0.2) is 182 Å². The third-order valence-corrected chi connectivity index (χ3v) is 9.97. The fraction of sp³-hybridized carbons (Fsp3) is 0.0417. The predicted molar refractivity (Wildman–Crippen MR) is 209 cm³/mol. The third kappa shape index (κ3) is 5.40. The fourth-order valence-corrected chi connectivity index (χ4v) is 7.55. The van der Waals surface area contributed by atoms with E-state index in [9.17, 15) is 0 Å². The Balaban J connectivity index is 1.13. The molecular weight excluding hydrogens is 591 g/mol. The summed E-state index contributed by atoms with van der Waals surface area (Å²) in [7, 11) is 0. The zero-order valence-electron chi connectivity index (χ0n) is 27.3. The van der Waals surface area contributed by atoms with Gasteiger partial charge >= 0.3 is 0 Å². The van der Waals surface area contributed by atoms with Crippen LogP contribution in [0.5, 0.6) is 0 Å². The predicted octanol–water partition coefficient (Wildman–Crippen LogP) is 11.6. The van der Waals surface area contributed by atoms with Crippen molar-refractivity contribution in [3.8, 4) is 22.3 Å². The van der Waals surface area contributed by atoms with Crippen molar-refractivity contribution < 1.29 is 0 Å². The minimum absolute atomic E-state index is 1.06. The summed E-state index contributed by atoms with van der Waals surface area (Å²) in [6, 6.07) is 66.3. The molecule has 1 heteroatoms. The molecule has 49 heavy (non-hydrogen) atoms. The average Bonchev–Trinajstić information content (AvgIpc) is 3.18. The molecule has 0 amide bonds. The monoisotopic (exact) mass is 625 g/mol. The van der Waals surface area contributed by atoms with E-state index >= 15 is 0 Å². The maximum Gasteiger partial charge on any atom is 0.0462 e. The lowest BCUT2D eigenvalue weighted by Gasteiger charge is -2.26. The quantitative estimate of drug-likeness (QED) is 0.178. The molecule has 8 aromatic rings. The van der Waals surface area contributed by atoms with Crippen molar-refractivity contribution in [2.24, 2.45) is 0 Å². The topological polar surface area (TPSA) is 3.24 Å². The number of hydrogen-bond donors (Lipinski definition) is 0. The largest absolute Gasteiger partial charge is 0.311 e. The molecule has 0 saturated heterocycles. The SMILES string of the molecule is C1=c2ccccc2=C(c2ccc(N(c3ccc(-c4cccc5ccccc45)cc3)c3ccc(-c4cccc5ccccc45)cc3)cc2)CC1. The van der Waals surface area contributed by atoms with Crippen LogP contribution in [0.1, 0.15) is 18.4 Å². The Morgan fingerprint density at radius 3 is 1.37 bits per heavy atom. The van der Waals surface area contributed by atoms with E-state index in [4.69, 9.17) is 0 Å². The van der Waals surface area contributed by atoms with Gasteiger partial charge in [-0.25, -0.2) is 0 Å². The first-order valence-electron chi connectivity index (χ1n) is 17.2. The Bertz CT molecular complexity index is 2440. The molecule has 0 bridgehead atoms. The molecule has 232 valence electrons. The van der Waals surface area contributed by atoms with Crippen LogP contribution in [-0.2, 0) is 0 Å². The standard InChI is InChI=1S/C48H35N/c1-4-16-43-34(10-1)13-7-19-46(43)37-22-28-40(29-23-37)49(41-30-24-38(25-31-41)47-20-8-14-35-11-2-5-17-44(35)47)42-32-26-39(27-33-42)48-21-9-15-36-12-3-6-18-45(36)48/h1-8,10-20,22-33H,9,21H2. The molecule has 0 aliphatic heterocycles. The summed E-state index contributed by atoms with van der Waals surface area (Å²) < 4.78 is 0. The molecule has 0 unspecified atom stereocenters. The van der Waals surface area contributed by atoms with Crippen LogP contribution in [0.25, 0.3) is 55.4 Å². The summed E-state index contributed by atoms with van der Waals surface area (Å²) in [6.45, 7) is 0. The molecule has 0 atom stereocenters. The number of hydrogen-bond acceptors (Lipinski definition) is 1. The van der Waals surface area contributed by atoms with Crippen molar-refractivity contribution in [1.82, 2.24) is 0 Å². The lowest BCUT2D eigenvalue weighted by Crippen LogP contribution is -2.29. The highest BCUT2D eigenvalue weighted by atomic mass is 15.1. The van der Waals surface area contributed by atoms with Gasteiger partial charge in [-0.15, -0.1) is 0 Å². The summed E-state index contributed by atoms with van der Waals surface area (Å²) in [6.07, 6.45) is 4.50. The highest BCUT2D eigenvalue weighted by Crippen LogP contribution is 2.39. The highest BCUT2D eigenvalue weighted by molar-refractivity contribution is 5.98. The van der Waals surface area contributed by atoms with E-state index in [0.29, 0.717) is 0 Å². The second kappa shape index (κ2) is 12.4. The minimum atomic E-state index is 1.06. The second-order valence-electron chi connectivity index (χ2n) is 12.8. The highest BCUT2D eigenvalue weighted by Gasteiger charge is 2.15. The van der Waals surface area contributed by atoms with Gasteiger partial charge in [0.15, 0.2) is 0 Å². The Morgan fingerprint density at radius 2 is 0.816 bits per heavy atom. The molecule has 8 aromatic carbocycles. The van der Waals surface area contributed by atoms with E-state index in [-0.39, 0.29) is 0 Å². The molecule has 0 aromatic heterocycles. The normalized spacial score (nSPS) is 12.4. The van der Waals surface area contributed by atoms with Crippen molar-refractivity contribution in [1.29, 1.82) is 0 Å². The third-order valence-electron chi connectivity index (χ3n) is 9.97. The van der Waals surface area contributed by atoms with E-state index in [0.717, 1.165) is 29.9 Å². The Morgan fingerprint density at radius 1 is 0.367 bits per heavy atom. The summed E-state index contributed by atoms with van der Waals surface area (Å²) in [5.41, 5.74) is 11.0. The van der Waals surface area contributed by atoms with Crippen LogP contribution in [-0.4, -0.2) is 0 Å². The molecule has 1 nitrogen and oxygen atoms in total. The van der Waals surface area contributed by atoms with Gasteiger partial charge in [-0.05, 0) is 115 Å². The van der Waals surface area contributed by atoms with Gasteiger partial charge in [-0.3, -0.25) is 0 Å². The first kappa shape index (κ1) is 29.0. The summed E-state index contributed by atoms with van der Waals surface area (Å²) >= 11 is 0. The van der Waals surface area contributed by atoms with Gasteiger partial charge in [-0.2, -0.15) is 0 Å². The van der Waals surface area contributed by atoms with Crippen LogP contribution in [0.3, 0.4) is 0 Å². The van der Waals surface area contributed by atoms with Gasteiger partial charge in [0.25, 0.3) is 0 Å². The van der Waals surface area contributed by atoms with Gasteiger partial charge < -0.3 is 4.90 Å². The van der Waals surface area contributed by atoms with Crippen LogP contribution in [0.2, 0.25) is 0 Å². The van der Waals surface area contributed by atoms with Crippen LogP contribution in [0.4, 0.5) is 17.1 Å². The van der Waals surface area contributed by atoms with E-state index < -0.39 is 0 Å². The molecule has 0 fully saturated rings. The number of nitrogens with zero attached hydrogens (tertiary/aromatic N) is 1. The van der Waals surface area contributed by atoms with E-state index in [1.54, 1.807) is 0 Å². The Hall–Kier alpha value is -6.18. The molecular formula is C48H35N. The Kier molecular flexibility index (Phi) is 7.37. The zero-order chi connectivity index (χ0) is 32.6. The lowest BCUT2D eigenvalue weighted by molar-refractivity contribution is 1.08. The second-order valence-corrected chi connectivity index (χ2v) is 12.8. The van der Waals surface area contributed by atoms with Gasteiger partial charge in [0.2, 0.25) is 0 Å². The molecule has 9 rings (SSSR count). The molecule has 0 N–H and O–H groups in total. The van der Waals surface area contributed by atoms with Crippen LogP contribution >= 0.6 is 0 Å². The minimum Gasteiger partial charge on any atom is -0.311 e. The van der Waals surface area contributed by atoms with Crippen LogP contribution < -0.4 is 15.3 Å². The van der Waals surface area contributed by atoms with Crippen molar-refractivity contribution in [3.63, 3.8) is 0 Å². The smallest absolute Gasteiger partial charge is 0.0462 e. The van der Waals surface area contributed by atoms with Crippen molar-refractivity contribution in [3.05, 3.63) is 198 Å². The number of rotatable bonds is 6. The van der Waals surface area contributed by atoms with Crippen molar-refractivity contribution in [2.45, 2.75) is 12.8 Å². The van der Waals surface area contributed by atoms with E-state index in [1.807, 2.05) is 0 Å². The molecule has 0 spiro atoms. The van der Waals surface area contributed by atoms with Gasteiger partial charge in [0.05, 0.1) is 0 Å².